The molecule has 1 fully saturated rings. The van der Waals surface area contributed by atoms with E-state index in [1.165, 1.54) is 12.5 Å². The lowest BCUT2D eigenvalue weighted by Crippen LogP contribution is -2.45. The molecule has 0 bridgehead atoms. The summed E-state index contributed by atoms with van der Waals surface area (Å²) in [7, 11) is 1.58. The third-order valence-electron chi connectivity index (χ3n) is 4.14. The Morgan fingerprint density at radius 3 is 2.90 bits per heavy atom. The van der Waals surface area contributed by atoms with Crippen LogP contribution < -0.4 is 10.5 Å². The van der Waals surface area contributed by atoms with Crippen molar-refractivity contribution in [3.8, 4) is 5.75 Å². The van der Waals surface area contributed by atoms with Crippen molar-refractivity contribution in [2.45, 2.75) is 44.6 Å². The lowest BCUT2D eigenvalue weighted by Gasteiger charge is -2.37. The van der Waals surface area contributed by atoms with Crippen LogP contribution in [-0.4, -0.2) is 17.6 Å². The molecule has 2 unspecified atom stereocenters. The van der Waals surface area contributed by atoms with E-state index in [2.05, 4.69) is 6.92 Å². The second-order valence-electron chi connectivity index (χ2n) is 5.99. The number of benzene rings is 1. The first-order chi connectivity index (χ1) is 9.43. The second-order valence-corrected chi connectivity index (χ2v) is 5.99. The van der Waals surface area contributed by atoms with Gasteiger partial charge in [-0.05, 0) is 31.2 Å². The molecule has 2 rings (SSSR count). The molecule has 0 aromatic heterocycles. The van der Waals surface area contributed by atoms with Crippen LogP contribution >= 0.6 is 0 Å². The monoisotopic (exact) mass is 278 g/mol. The zero-order chi connectivity index (χ0) is 14.8. The zero-order valence-electron chi connectivity index (χ0n) is 12.1. The lowest BCUT2D eigenvalue weighted by molar-refractivity contribution is -0.384. The molecule has 0 radical (unpaired) electrons. The Kier molecular flexibility index (Phi) is 4.28. The summed E-state index contributed by atoms with van der Waals surface area (Å²) in [6.45, 7) is 2.21. The molecular formula is C15H22N2O3. The van der Waals surface area contributed by atoms with Gasteiger partial charge >= 0.3 is 0 Å². The summed E-state index contributed by atoms with van der Waals surface area (Å²) in [6, 6.07) is 4.71. The van der Waals surface area contributed by atoms with Gasteiger partial charge in [0.1, 0.15) is 5.75 Å². The third-order valence-corrected chi connectivity index (χ3v) is 4.14. The van der Waals surface area contributed by atoms with Gasteiger partial charge in [-0.2, -0.15) is 0 Å². The van der Waals surface area contributed by atoms with Crippen molar-refractivity contribution in [2.75, 3.05) is 7.11 Å². The number of nitrogens with two attached hydrogens (primary N) is 1. The van der Waals surface area contributed by atoms with Crippen LogP contribution in [0.5, 0.6) is 5.75 Å². The van der Waals surface area contributed by atoms with E-state index in [4.69, 9.17) is 10.5 Å². The number of rotatable bonds is 4. The third kappa shape index (κ3) is 3.28. The number of hydrogen-bond donors (Lipinski definition) is 1. The Morgan fingerprint density at radius 1 is 1.55 bits per heavy atom. The standard InChI is InChI=1S/C15H22N2O3/c1-11-4-3-7-15(16,9-11)10-12-8-13(17(18)19)5-6-14(12)20-2/h5-6,8,11H,3-4,7,9-10,16H2,1-2H3. The largest absolute Gasteiger partial charge is 0.496 e. The van der Waals surface area contributed by atoms with Gasteiger partial charge < -0.3 is 10.5 Å². The van der Waals surface area contributed by atoms with E-state index in [-0.39, 0.29) is 16.1 Å². The maximum atomic E-state index is 10.9. The van der Waals surface area contributed by atoms with Gasteiger partial charge in [0.25, 0.3) is 5.69 Å². The van der Waals surface area contributed by atoms with Gasteiger partial charge in [-0.25, -0.2) is 0 Å². The van der Waals surface area contributed by atoms with Crippen molar-refractivity contribution in [3.63, 3.8) is 0 Å². The van der Waals surface area contributed by atoms with Crippen molar-refractivity contribution in [1.82, 2.24) is 0 Å². The molecule has 1 aliphatic carbocycles. The number of ether oxygens (including phenoxy) is 1. The average molecular weight is 278 g/mol. The molecule has 2 N–H and O–H groups in total. The van der Waals surface area contributed by atoms with E-state index in [0.717, 1.165) is 24.8 Å². The highest BCUT2D eigenvalue weighted by Gasteiger charge is 2.32. The van der Waals surface area contributed by atoms with Gasteiger partial charge in [-0.3, -0.25) is 10.1 Å². The normalized spacial score (nSPS) is 26.2. The number of non-ortho nitro benzene ring substituents is 1. The fourth-order valence-electron chi connectivity index (χ4n) is 3.26. The molecule has 2 atom stereocenters. The van der Waals surface area contributed by atoms with E-state index < -0.39 is 0 Å². The molecule has 1 saturated carbocycles. The summed E-state index contributed by atoms with van der Waals surface area (Å²) >= 11 is 0. The highest BCUT2D eigenvalue weighted by atomic mass is 16.6. The van der Waals surface area contributed by atoms with Gasteiger partial charge in [0, 0.05) is 23.2 Å². The summed E-state index contributed by atoms with van der Waals surface area (Å²) in [6.07, 6.45) is 4.88. The fraction of sp³-hybridized carbons (Fsp3) is 0.600. The van der Waals surface area contributed by atoms with E-state index in [9.17, 15) is 10.1 Å². The molecule has 0 amide bonds. The van der Waals surface area contributed by atoms with Crippen LogP contribution in [0.1, 0.15) is 38.2 Å². The minimum atomic E-state index is -0.379. The van der Waals surface area contributed by atoms with Crippen molar-refractivity contribution >= 4 is 5.69 Å². The van der Waals surface area contributed by atoms with Gasteiger partial charge in [0.05, 0.1) is 12.0 Å². The molecule has 0 spiro atoms. The van der Waals surface area contributed by atoms with Crippen LogP contribution in [0.25, 0.3) is 0 Å². The van der Waals surface area contributed by atoms with Gasteiger partial charge in [0.15, 0.2) is 0 Å². The van der Waals surface area contributed by atoms with Crippen LogP contribution in [0.2, 0.25) is 0 Å². The van der Waals surface area contributed by atoms with Crippen molar-refractivity contribution in [1.29, 1.82) is 0 Å². The number of methoxy groups -OCH3 is 1. The predicted octanol–water partition coefficient (Wildman–Crippen LogP) is 3.05. The smallest absolute Gasteiger partial charge is 0.269 e. The molecule has 110 valence electrons. The zero-order valence-corrected chi connectivity index (χ0v) is 12.1. The Bertz CT molecular complexity index is 504. The number of nitro benzene ring substituents is 1. The second kappa shape index (κ2) is 5.79. The molecule has 1 aromatic rings. The molecular weight excluding hydrogens is 256 g/mol. The minimum absolute atomic E-state index is 0.0910. The van der Waals surface area contributed by atoms with Gasteiger partial charge in [-0.1, -0.05) is 19.8 Å². The maximum Gasteiger partial charge on any atom is 0.269 e. The molecule has 1 aliphatic rings. The Morgan fingerprint density at radius 2 is 2.30 bits per heavy atom. The summed E-state index contributed by atoms with van der Waals surface area (Å²) in [4.78, 5) is 10.5. The van der Waals surface area contributed by atoms with Gasteiger partial charge in [0.2, 0.25) is 0 Å². The number of nitro groups is 1. The molecule has 0 heterocycles. The van der Waals surface area contributed by atoms with E-state index >= 15 is 0 Å². The van der Waals surface area contributed by atoms with E-state index in [0.29, 0.717) is 18.1 Å². The van der Waals surface area contributed by atoms with Crippen molar-refractivity contribution in [2.24, 2.45) is 11.7 Å². The SMILES string of the molecule is COc1ccc([N+](=O)[O-])cc1CC1(N)CCCC(C)C1. The first kappa shape index (κ1) is 14.8. The van der Waals surface area contributed by atoms with Crippen LogP contribution in [-0.2, 0) is 6.42 Å². The van der Waals surface area contributed by atoms with Crippen molar-refractivity contribution < 1.29 is 9.66 Å². The highest BCUT2D eigenvalue weighted by molar-refractivity contribution is 5.44. The molecule has 20 heavy (non-hydrogen) atoms. The number of hydrogen-bond acceptors (Lipinski definition) is 4. The Hall–Kier alpha value is -1.62. The topological polar surface area (TPSA) is 78.4 Å². The molecule has 0 saturated heterocycles. The Balaban J connectivity index is 2.26. The van der Waals surface area contributed by atoms with Gasteiger partial charge in [-0.15, -0.1) is 0 Å². The first-order valence-electron chi connectivity index (χ1n) is 7.04. The maximum absolute atomic E-state index is 10.9. The highest BCUT2D eigenvalue weighted by Crippen LogP contribution is 2.35. The van der Waals surface area contributed by atoms with Crippen LogP contribution in [0.15, 0.2) is 18.2 Å². The summed E-state index contributed by atoms with van der Waals surface area (Å²) in [5.74, 6) is 1.29. The minimum Gasteiger partial charge on any atom is -0.496 e. The van der Waals surface area contributed by atoms with Crippen LogP contribution in [0, 0.1) is 16.0 Å². The fourth-order valence-corrected chi connectivity index (χ4v) is 3.26. The summed E-state index contributed by atoms with van der Waals surface area (Å²) < 4.78 is 5.32. The molecule has 5 nitrogen and oxygen atoms in total. The van der Waals surface area contributed by atoms with Crippen LogP contribution in [0.4, 0.5) is 5.69 Å². The molecule has 1 aromatic carbocycles. The van der Waals surface area contributed by atoms with Crippen molar-refractivity contribution in [3.05, 3.63) is 33.9 Å². The quantitative estimate of drug-likeness (QED) is 0.678. The summed E-state index contributed by atoms with van der Waals surface area (Å²) in [5, 5.41) is 10.9. The van der Waals surface area contributed by atoms with E-state index in [1.807, 2.05) is 0 Å². The predicted molar refractivity (Wildman–Crippen MR) is 77.9 cm³/mol. The van der Waals surface area contributed by atoms with E-state index in [1.54, 1.807) is 19.2 Å². The van der Waals surface area contributed by atoms with Crippen LogP contribution in [0.3, 0.4) is 0 Å². The Labute approximate surface area is 119 Å². The molecule has 0 aliphatic heterocycles. The lowest BCUT2D eigenvalue weighted by atomic mass is 9.74. The first-order valence-corrected chi connectivity index (χ1v) is 7.04. The molecule has 5 heteroatoms. The summed E-state index contributed by atoms with van der Waals surface area (Å²) in [5.41, 5.74) is 7.15. The average Bonchev–Trinajstić information content (AvgIpc) is 2.37. The number of nitrogens with zero attached hydrogens (tertiary/aromatic N) is 1.